The first-order valence-corrected chi connectivity index (χ1v) is 7.21. The van der Waals surface area contributed by atoms with Crippen molar-refractivity contribution < 1.29 is 14.3 Å². The minimum atomic E-state index is -0.123. The van der Waals surface area contributed by atoms with Gasteiger partial charge in [0, 0.05) is 0 Å². The lowest BCUT2D eigenvalue weighted by Crippen LogP contribution is -1.95. The molecule has 0 atom stereocenters. The molecule has 3 aromatic rings. The van der Waals surface area contributed by atoms with Crippen LogP contribution in [0.2, 0.25) is 5.02 Å². The molecule has 2 heterocycles. The monoisotopic (exact) mass is 350 g/mol. The number of halogens is 1. The summed E-state index contributed by atoms with van der Waals surface area (Å²) in [5.74, 6) is 1.09. The smallest absolute Gasteiger partial charge is 0.219 e. The lowest BCUT2D eigenvalue weighted by Gasteiger charge is -2.06. The highest BCUT2D eigenvalue weighted by Gasteiger charge is 2.11. The Kier molecular flexibility index (Phi) is 4.18. The molecule has 0 aliphatic heterocycles. The van der Waals surface area contributed by atoms with E-state index in [9.17, 15) is 5.11 Å². The van der Waals surface area contributed by atoms with Gasteiger partial charge in [0.15, 0.2) is 17.3 Å². The zero-order valence-corrected chi connectivity index (χ0v) is 13.4. The van der Waals surface area contributed by atoms with Crippen LogP contribution < -0.4 is 4.74 Å². The number of benzene rings is 1. The molecule has 2 N–H and O–H groups in total. The number of aromatic nitrogens is 3. The molecule has 9 heteroatoms. The maximum atomic E-state index is 9.74. The number of nitrogens with one attached hydrogen (secondary N) is 1. The molecular formula is C14H11ClN4O3S. The van der Waals surface area contributed by atoms with Gasteiger partial charge < -0.3 is 14.3 Å². The average molecular weight is 351 g/mol. The number of aromatic hydroxyl groups is 1. The van der Waals surface area contributed by atoms with Gasteiger partial charge in [0.25, 0.3) is 0 Å². The van der Waals surface area contributed by atoms with Crippen molar-refractivity contribution in [3.8, 4) is 23.1 Å². The molecule has 0 unspecified atom stereocenters. The van der Waals surface area contributed by atoms with Gasteiger partial charge >= 0.3 is 0 Å². The molecule has 0 amide bonds. The van der Waals surface area contributed by atoms with Gasteiger partial charge in [0.1, 0.15) is 0 Å². The van der Waals surface area contributed by atoms with Crippen LogP contribution in [0.3, 0.4) is 0 Å². The van der Waals surface area contributed by atoms with E-state index < -0.39 is 0 Å². The Balaban J connectivity index is 2.00. The van der Waals surface area contributed by atoms with Crippen LogP contribution in [0.25, 0.3) is 11.6 Å². The fourth-order valence-corrected chi connectivity index (χ4v) is 2.31. The standard InChI is InChI=1S/C14H11ClN4O3S/c1-21-11-6-8(5-9(15)12(11)20)7-16-19-13(17-18-14(19)23)10-3-2-4-22-10/h2-7,20H,1H3,(H,18,23)/b16-7-. The van der Waals surface area contributed by atoms with E-state index in [1.165, 1.54) is 24.3 Å². The lowest BCUT2D eigenvalue weighted by atomic mass is 10.2. The summed E-state index contributed by atoms with van der Waals surface area (Å²) in [5, 5.41) is 20.9. The largest absolute Gasteiger partial charge is 0.503 e. The molecule has 0 saturated heterocycles. The van der Waals surface area contributed by atoms with Gasteiger partial charge in [-0.25, -0.2) is 5.10 Å². The number of hydrogen-bond acceptors (Lipinski definition) is 6. The van der Waals surface area contributed by atoms with E-state index in [1.54, 1.807) is 24.3 Å². The van der Waals surface area contributed by atoms with Crippen LogP contribution in [0, 0.1) is 4.77 Å². The van der Waals surface area contributed by atoms with Crippen molar-refractivity contribution in [2.75, 3.05) is 7.11 Å². The topological polar surface area (TPSA) is 88.6 Å². The molecule has 1 aromatic carbocycles. The van der Waals surface area contributed by atoms with E-state index in [-0.39, 0.29) is 16.5 Å². The van der Waals surface area contributed by atoms with Crippen molar-refractivity contribution in [2.24, 2.45) is 5.10 Å². The van der Waals surface area contributed by atoms with Crippen molar-refractivity contribution in [1.29, 1.82) is 0 Å². The van der Waals surface area contributed by atoms with Crippen LogP contribution in [0.4, 0.5) is 0 Å². The van der Waals surface area contributed by atoms with Crippen molar-refractivity contribution in [2.45, 2.75) is 0 Å². The van der Waals surface area contributed by atoms with Gasteiger partial charge in [-0.15, -0.1) is 5.10 Å². The summed E-state index contributed by atoms with van der Waals surface area (Å²) in [6.45, 7) is 0. The molecule has 7 nitrogen and oxygen atoms in total. The fourth-order valence-electron chi connectivity index (χ4n) is 1.91. The highest BCUT2D eigenvalue weighted by atomic mass is 35.5. The van der Waals surface area contributed by atoms with Crippen molar-refractivity contribution >= 4 is 30.0 Å². The van der Waals surface area contributed by atoms with Gasteiger partial charge in [-0.05, 0) is 42.0 Å². The zero-order valence-electron chi connectivity index (χ0n) is 11.9. The first kappa shape index (κ1) is 15.3. The summed E-state index contributed by atoms with van der Waals surface area (Å²) in [4.78, 5) is 0. The number of hydrogen-bond donors (Lipinski definition) is 2. The Bertz CT molecular complexity index is 915. The Labute approximate surface area is 140 Å². The average Bonchev–Trinajstić information content (AvgIpc) is 3.18. The van der Waals surface area contributed by atoms with Crippen LogP contribution in [-0.4, -0.2) is 33.3 Å². The summed E-state index contributed by atoms with van der Waals surface area (Å²) in [6, 6.07) is 6.64. The second kappa shape index (κ2) is 6.27. The Hall–Kier alpha value is -2.58. The van der Waals surface area contributed by atoms with E-state index in [1.807, 2.05) is 0 Å². The van der Waals surface area contributed by atoms with E-state index >= 15 is 0 Å². The van der Waals surface area contributed by atoms with Crippen LogP contribution >= 0.6 is 23.8 Å². The molecule has 118 valence electrons. The third-order valence-electron chi connectivity index (χ3n) is 2.98. The number of H-pyrrole nitrogens is 1. The lowest BCUT2D eigenvalue weighted by molar-refractivity contribution is 0.373. The molecule has 0 aliphatic carbocycles. The molecule has 0 saturated carbocycles. The van der Waals surface area contributed by atoms with Crippen LogP contribution in [0.1, 0.15) is 5.56 Å². The molecular weight excluding hydrogens is 340 g/mol. The maximum absolute atomic E-state index is 9.74. The predicted molar refractivity (Wildman–Crippen MR) is 87.8 cm³/mol. The highest BCUT2D eigenvalue weighted by Crippen LogP contribution is 2.34. The zero-order chi connectivity index (χ0) is 16.4. The number of phenolic OH excluding ortho intramolecular Hbond substituents is 1. The summed E-state index contributed by atoms with van der Waals surface area (Å²) in [7, 11) is 1.44. The molecule has 0 bridgehead atoms. The van der Waals surface area contributed by atoms with Crippen molar-refractivity contribution in [1.82, 2.24) is 14.9 Å². The van der Waals surface area contributed by atoms with Crippen LogP contribution in [0.5, 0.6) is 11.5 Å². The maximum Gasteiger partial charge on any atom is 0.219 e. The minimum absolute atomic E-state index is 0.123. The number of rotatable bonds is 4. The first-order valence-electron chi connectivity index (χ1n) is 6.42. The Morgan fingerprint density at radius 1 is 1.52 bits per heavy atom. The van der Waals surface area contributed by atoms with Gasteiger partial charge in [0.2, 0.25) is 10.6 Å². The number of aromatic amines is 1. The van der Waals surface area contributed by atoms with Gasteiger partial charge in [-0.1, -0.05) is 11.6 Å². The van der Waals surface area contributed by atoms with Crippen LogP contribution in [-0.2, 0) is 0 Å². The van der Waals surface area contributed by atoms with Gasteiger partial charge in [-0.2, -0.15) is 9.78 Å². The predicted octanol–water partition coefficient (Wildman–Crippen LogP) is 3.45. The highest BCUT2D eigenvalue weighted by molar-refractivity contribution is 7.71. The number of nitrogens with zero attached hydrogens (tertiary/aromatic N) is 3. The molecule has 2 aromatic heterocycles. The summed E-state index contributed by atoms with van der Waals surface area (Å²) >= 11 is 11.1. The third-order valence-corrected chi connectivity index (χ3v) is 3.54. The molecule has 0 radical (unpaired) electrons. The molecule has 0 aliphatic rings. The fraction of sp³-hybridized carbons (Fsp3) is 0.0714. The summed E-state index contributed by atoms with van der Waals surface area (Å²) < 4.78 is 12.1. The summed E-state index contributed by atoms with van der Waals surface area (Å²) in [6.07, 6.45) is 3.05. The van der Waals surface area contributed by atoms with E-state index in [4.69, 9.17) is 33.0 Å². The second-order valence-corrected chi connectivity index (χ2v) is 5.23. The number of furan rings is 1. The molecule has 3 rings (SSSR count). The number of methoxy groups -OCH3 is 1. The Morgan fingerprint density at radius 3 is 3.04 bits per heavy atom. The van der Waals surface area contributed by atoms with Gasteiger partial charge in [0.05, 0.1) is 24.6 Å². The van der Waals surface area contributed by atoms with E-state index in [2.05, 4.69) is 15.3 Å². The quantitative estimate of drug-likeness (QED) is 0.555. The van der Waals surface area contributed by atoms with E-state index in [0.29, 0.717) is 21.9 Å². The normalized spacial score (nSPS) is 11.2. The SMILES string of the molecule is COc1cc(/C=N\n2c(-c3ccco3)n[nH]c2=S)cc(Cl)c1O. The van der Waals surface area contributed by atoms with Crippen molar-refractivity contribution in [3.63, 3.8) is 0 Å². The minimum Gasteiger partial charge on any atom is -0.503 e. The molecule has 23 heavy (non-hydrogen) atoms. The van der Waals surface area contributed by atoms with Gasteiger partial charge in [-0.3, -0.25) is 0 Å². The van der Waals surface area contributed by atoms with Crippen LogP contribution in [0.15, 0.2) is 40.0 Å². The van der Waals surface area contributed by atoms with E-state index in [0.717, 1.165) is 0 Å². The number of ether oxygens (including phenoxy) is 1. The second-order valence-electron chi connectivity index (χ2n) is 4.44. The third kappa shape index (κ3) is 2.99. The Morgan fingerprint density at radius 2 is 2.35 bits per heavy atom. The molecule has 0 fully saturated rings. The van der Waals surface area contributed by atoms with Crippen molar-refractivity contribution in [3.05, 3.63) is 45.9 Å². The molecule has 0 spiro atoms. The summed E-state index contributed by atoms with van der Waals surface area (Å²) in [5.41, 5.74) is 0.623. The first-order chi connectivity index (χ1) is 11.1. The number of phenols is 1.